The van der Waals surface area contributed by atoms with Crippen molar-refractivity contribution < 1.29 is 29.7 Å². The molecule has 2 aromatic carbocycles. The lowest BCUT2D eigenvalue weighted by Crippen LogP contribution is -2.44. The van der Waals surface area contributed by atoms with E-state index in [4.69, 9.17) is 11.6 Å². The van der Waals surface area contributed by atoms with Gasteiger partial charge in [0.15, 0.2) is 5.78 Å². The van der Waals surface area contributed by atoms with Crippen LogP contribution in [0.1, 0.15) is 44.4 Å². The molecule has 3 aliphatic rings. The first-order valence-electron chi connectivity index (χ1n) is 11.8. The van der Waals surface area contributed by atoms with E-state index < -0.39 is 37.2 Å². The Bertz CT molecular complexity index is 1360. The van der Waals surface area contributed by atoms with Crippen LogP contribution in [0.15, 0.2) is 64.8 Å². The maximum absolute atomic E-state index is 12.9. The van der Waals surface area contributed by atoms with Crippen molar-refractivity contribution in [3.05, 3.63) is 87.1 Å². The van der Waals surface area contributed by atoms with E-state index in [2.05, 4.69) is 10.3 Å². The molecule has 0 fully saturated rings. The fraction of sp³-hybridized carbons (Fsp3) is 0.259. The third kappa shape index (κ3) is 4.51. The van der Waals surface area contributed by atoms with Gasteiger partial charge in [-0.1, -0.05) is 29.8 Å². The predicted molar refractivity (Wildman–Crippen MR) is 137 cm³/mol. The van der Waals surface area contributed by atoms with Crippen LogP contribution in [-0.2, 0) is 11.2 Å². The van der Waals surface area contributed by atoms with E-state index >= 15 is 0 Å². The number of hydrogen-bond acceptors (Lipinski definition) is 8. The van der Waals surface area contributed by atoms with Gasteiger partial charge in [-0.15, -0.1) is 0 Å². The second kappa shape index (κ2) is 10.0. The summed E-state index contributed by atoms with van der Waals surface area (Å²) >= 11 is 6.02. The summed E-state index contributed by atoms with van der Waals surface area (Å²) in [6, 6.07) is 9.03. The first kappa shape index (κ1) is 25.0. The molecule has 1 aliphatic carbocycles. The van der Waals surface area contributed by atoms with Crippen molar-refractivity contribution in [2.45, 2.75) is 25.0 Å². The van der Waals surface area contributed by atoms with Gasteiger partial charge in [-0.25, -0.2) is 0 Å². The number of aliphatic imine (C=N–C) groups is 1. The molecule has 10 heteroatoms. The molecule has 2 heterocycles. The summed E-state index contributed by atoms with van der Waals surface area (Å²) in [5.41, 5.74) is 3.74. The van der Waals surface area contributed by atoms with Crippen LogP contribution >= 0.6 is 11.6 Å². The molecular weight excluding hydrogens is 498 g/mol. The molecule has 2 aromatic rings. The molecule has 0 bridgehead atoms. The molecule has 0 saturated heterocycles. The number of anilines is 1. The molecule has 0 aromatic heterocycles. The Labute approximate surface area is 217 Å². The molecule has 0 radical (unpaired) electrons. The third-order valence-corrected chi connectivity index (χ3v) is 6.90. The van der Waals surface area contributed by atoms with Crippen LogP contribution < -0.4 is 5.32 Å². The Balaban J connectivity index is 1.44. The molecule has 37 heavy (non-hydrogen) atoms. The quantitative estimate of drug-likeness (QED) is 0.337. The SMILES string of the molecule is O=C1CC=CC(=NC[C@@H](O)c2cccc(Cl)c2)C1=C1Cc2cc3c(cc2N1)C(=O)N(C(CO)CO)C3=O. The lowest BCUT2D eigenvalue weighted by atomic mass is 9.93. The number of benzene rings is 2. The summed E-state index contributed by atoms with van der Waals surface area (Å²) in [7, 11) is 0. The zero-order chi connectivity index (χ0) is 26.3. The zero-order valence-electron chi connectivity index (χ0n) is 19.6. The minimum Gasteiger partial charge on any atom is -0.394 e. The zero-order valence-corrected chi connectivity index (χ0v) is 20.4. The average molecular weight is 522 g/mol. The highest BCUT2D eigenvalue weighted by Gasteiger charge is 2.41. The number of allylic oxidation sites excluding steroid dienone is 4. The van der Waals surface area contributed by atoms with Crippen LogP contribution in [0.25, 0.3) is 0 Å². The Morgan fingerprint density at radius 3 is 2.49 bits per heavy atom. The number of hydrogen-bond donors (Lipinski definition) is 4. The van der Waals surface area contributed by atoms with Crippen LogP contribution in [0.5, 0.6) is 0 Å². The van der Waals surface area contributed by atoms with E-state index in [9.17, 15) is 29.7 Å². The number of nitrogens with zero attached hydrogens (tertiary/aromatic N) is 2. The Morgan fingerprint density at radius 2 is 1.78 bits per heavy atom. The second-order valence-electron chi connectivity index (χ2n) is 9.04. The summed E-state index contributed by atoms with van der Waals surface area (Å²) in [6.07, 6.45) is 3.09. The van der Waals surface area contributed by atoms with Gasteiger partial charge in [0.25, 0.3) is 11.8 Å². The van der Waals surface area contributed by atoms with Crippen LogP contribution in [-0.4, -0.2) is 69.3 Å². The first-order chi connectivity index (χ1) is 17.8. The maximum atomic E-state index is 12.9. The van der Waals surface area contributed by atoms with E-state index in [0.29, 0.717) is 39.7 Å². The topological polar surface area (TPSA) is 140 Å². The predicted octanol–water partition coefficient (Wildman–Crippen LogP) is 2.21. The second-order valence-corrected chi connectivity index (χ2v) is 9.47. The normalized spacial score (nSPS) is 20.6. The van der Waals surface area contributed by atoms with E-state index in [1.54, 1.807) is 48.6 Å². The van der Waals surface area contributed by atoms with Crippen molar-refractivity contribution >= 4 is 40.6 Å². The first-order valence-corrected chi connectivity index (χ1v) is 12.1. The summed E-state index contributed by atoms with van der Waals surface area (Å²) in [4.78, 5) is 44.1. The van der Waals surface area contributed by atoms with Crippen LogP contribution in [0.3, 0.4) is 0 Å². The highest BCUT2D eigenvalue weighted by Crippen LogP contribution is 2.37. The minimum absolute atomic E-state index is 0.0288. The van der Waals surface area contributed by atoms with Gasteiger partial charge in [0.05, 0.1) is 54.3 Å². The maximum Gasteiger partial charge on any atom is 0.262 e. The van der Waals surface area contributed by atoms with Gasteiger partial charge in [-0.05, 0) is 41.5 Å². The Hall–Kier alpha value is -3.63. The minimum atomic E-state index is -1.01. The lowest BCUT2D eigenvalue weighted by Gasteiger charge is -2.21. The standard InChI is InChI=1S/C27H24ClN3O6/c28-16-4-1-3-14(7-16)24(35)11-29-20-5-2-6-23(34)25(20)22-9-15-8-18-19(10-21(15)30-22)27(37)31(26(18)36)17(12-32)13-33/h1-5,7-8,10,17,24,30,32-33,35H,6,9,11-13H2/t24-/m1/s1. The molecule has 2 amide bonds. The number of carbonyl (C=O) groups is 3. The molecule has 0 spiro atoms. The number of carbonyl (C=O) groups excluding carboxylic acids is 3. The van der Waals surface area contributed by atoms with Gasteiger partial charge in [0, 0.05) is 29.2 Å². The monoisotopic (exact) mass is 521 g/mol. The average Bonchev–Trinajstić information content (AvgIpc) is 3.40. The van der Waals surface area contributed by atoms with Crippen molar-refractivity contribution in [1.82, 2.24) is 4.90 Å². The molecule has 9 nitrogen and oxygen atoms in total. The molecule has 190 valence electrons. The van der Waals surface area contributed by atoms with Crippen molar-refractivity contribution in [2.75, 3.05) is 25.1 Å². The fourth-order valence-corrected chi connectivity index (χ4v) is 4.98. The number of nitrogens with one attached hydrogen (secondary N) is 1. The van der Waals surface area contributed by atoms with Crippen molar-refractivity contribution in [3.8, 4) is 0 Å². The van der Waals surface area contributed by atoms with Gasteiger partial charge in [-0.3, -0.25) is 24.3 Å². The van der Waals surface area contributed by atoms with Crippen molar-refractivity contribution in [1.29, 1.82) is 0 Å². The number of halogens is 1. The summed E-state index contributed by atoms with van der Waals surface area (Å²) in [6.45, 7) is -1.05. The summed E-state index contributed by atoms with van der Waals surface area (Å²) in [5.74, 6) is -1.30. The largest absolute Gasteiger partial charge is 0.394 e. The number of aliphatic hydroxyl groups is 3. The van der Waals surface area contributed by atoms with E-state index in [1.165, 1.54) is 0 Å². The van der Waals surface area contributed by atoms with Crippen LogP contribution in [0.2, 0.25) is 5.02 Å². The van der Waals surface area contributed by atoms with Crippen LogP contribution in [0.4, 0.5) is 5.69 Å². The molecule has 0 unspecified atom stereocenters. The van der Waals surface area contributed by atoms with E-state index in [1.807, 2.05) is 0 Å². The van der Waals surface area contributed by atoms with Gasteiger partial charge >= 0.3 is 0 Å². The highest BCUT2D eigenvalue weighted by atomic mass is 35.5. The van der Waals surface area contributed by atoms with Crippen molar-refractivity contribution in [3.63, 3.8) is 0 Å². The fourth-order valence-electron chi connectivity index (χ4n) is 4.78. The van der Waals surface area contributed by atoms with Gasteiger partial charge in [-0.2, -0.15) is 0 Å². The molecule has 4 N–H and O–H groups in total. The number of amides is 2. The number of fused-ring (bicyclic) bond motifs is 2. The molecule has 0 saturated carbocycles. The number of rotatable bonds is 6. The number of imide groups is 1. The molecular formula is C27H24ClN3O6. The number of Topliss-reactive ketones (excluding diaryl/α,β-unsaturated/α-hetero) is 1. The molecule has 1 atom stereocenters. The summed E-state index contributed by atoms with van der Waals surface area (Å²) < 4.78 is 0. The van der Waals surface area contributed by atoms with Gasteiger partial charge in [0.1, 0.15) is 0 Å². The van der Waals surface area contributed by atoms with E-state index in [-0.39, 0.29) is 29.9 Å². The van der Waals surface area contributed by atoms with Crippen molar-refractivity contribution in [2.24, 2.45) is 4.99 Å². The van der Waals surface area contributed by atoms with Gasteiger partial charge in [0.2, 0.25) is 0 Å². The Kier molecular flexibility index (Phi) is 6.78. The van der Waals surface area contributed by atoms with Crippen LogP contribution in [0, 0.1) is 0 Å². The third-order valence-electron chi connectivity index (χ3n) is 6.66. The van der Waals surface area contributed by atoms with Gasteiger partial charge < -0.3 is 20.6 Å². The number of aliphatic hydroxyl groups excluding tert-OH is 3. The van der Waals surface area contributed by atoms with E-state index in [0.717, 1.165) is 10.5 Å². The molecule has 2 aliphatic heterocycles. The molecule has 5 rings (SSSR count). The Morgan fingerprint density at radius 1 is 1.05 bits per heavy atom. The lowest BCUT2D eigenvalue weighted by molar-refractivity contribution is -0.114. The summed E-state index contributed by atoms with van der Waals surface area (Å²) in [5, 5.41) is 33.2. The smallest absolute Gasteiger partial charge is 0.262 e. The highest BCUT2D eigenvalue weighted by molar-refractivity contribution is 6.30. The number of ketones is 1.